The van der Waals surface area contributed by atoms with Crippen molar-refractivity contribution < 1.29 is 22.3 Å². The molecule has 1 aliphatic heterocycles. The fourth-order valence-electron chi connectivity index (χ4n) is 5.62. The van der Waals surface area contributed by atoms with Crippen molar-refractivity contribution in [2.24, 2.45) is 10.9 Å². The number of carbonyl (C=O) groups is 1. The van der Waals surface area contributed by atoms with Gasteiger partial charge in [0, 0.05) is 56.1 Å². The van der Waals surface area contributed by atoms with Gasteiger partial charge in [0.05, 0.1) is 24.0 Å². The van der Waals surface area contributed by atoms with Crippen molar-refractivity contribution in [3.63, 3.8) is 0 Å². The van der Waals surface area contributed by atoms with Crippen LogP contribution in [-0.2, 0) is 10.0 Å². The molecule has 1 saturated heterocycles. The number of aromatic nitrogens is 1. The predicted octanol–water partition coefficient (Wildman–Crippen LogP) is 5.65. The molecule has 0 radical (unpaired) electrons. The van der Waals surface area contributed by atoms with E-state index < -0.39 is 10.0 Å². The fourth-order valence-corrected chi connectivity index (χ4v) is 6.87. The third-order valence-electron chi connectivity index (χ3n) is 8.10. The van der Waals surface area contributed by atoms with Gasteiger partial charge in [0.25, 0.3) is 15.9 Å². The number of piperazine rings is 1. The number of ether oxygens (including phenoxy) is 1. The summed E-state index contributed by atoms with van der Waals surface area (Å²) in [5.74, 6) is 0.195. The molecule has 1 N–H and O–H groups in total. The Balaban J connectivity index is 1.22. The van der Waals surface area contributed by atoms with Crippen molar-refractivity contribution in [3.05, 3.63) is 71.8 Å². The van der Waals surface area contributed by atoms with Crippen molar-refractivity contribution in [2.75, 3.05) is 44.6 Å². The number of nitrogens with one attached hydrogen (secondary N) is 1. The molecular formula is C32H38FN5O4S. The lowest BCUT2D eigenvalue weighted by Gasteiger charge is -2.35. The summed E-state index contributed by atoms with van der Waals surface area (Å²) in [6.07, 6.45) is 9.36. The standard InChI is InChI=1S/C32H38FN5O4S/c1-23(33)28(35-21-24-8-4-3-5-9-24)22-37-16-18-38(19-17-37)32(39)26-13-14-27(29(20-26)42-2)36-43(40,41)30-12-6-10-25-11-7-15-34-31(25)30/h6-7,10-15,20-21,24,36H,3-5,8-9,16-19,22H2,1-2H3/b28-23+,35-21-. The highest BCUT2D eigenvalue weighted by Gasteiger charge is 2.25. The number of allylic oxidation sites excluding steroid dienone is 1. The monoisotopic (exact) mass is 607 g/mol. The predicted molar refractivity (Wildman–Crippen MR) is 167 cm³/mol. The normalized spacial score (nSPS) is 17.7. The first kappa shape index (κ1) is 30.6. The number of para-hydroxylation sites is 1. The Hall–Kier alpha value is -3.83. The smallest absolute Gasteiger partial charge is 0.264 e. The Labute approximate surface area is 252 Å². The second-order valence-corrected chi connectivity index (χ2v) is 12.7. The van der Waals surface area contributed by atoms with E-state index in [0.717, 1.165) is 12.8 Å². The molecule has 2 aromatic carbocycles. The summed E-state index contributed by atoms with van der Waals surface area (Å²) in [6, 6.07) is 13.2. The van der Waals surface area contributed by atoms with E-state index in [1.165, 1.54) is 45.4 Å². The van der Waals surface area contributed by atoms with E-state index in [-0.39, 0.29) is 28.1 Å². The number of amides is 1. The molecule has 0 unspecified atom stereocenters. The molecule has 1 amide bonds. The number of sulfonamides is 1. The van der Waals surface area contributed by atoms with Crippen LogP contribution in [0.4, 0.5) is 10.1 Å². The lowest BCUT2D eigenvalue weighted by molar-refractivity contribution is 0.0646. The van der Waals surface area contributed by atoms with Crippen LogP contribution < -0.4 is 9.46 Å². The number of hydrogen-bond acceptors (Lipinski definition) is 7. The molecule has 43 heavy (non-hydrogen) atoms. The molecule has 11 heteroatoms. The third-order valence-corrected chi connectivity index (χ3v) is 9.50. The molecule has 1 saturated carbocycles. The summed E-state index contributed by atoms with van der Waals surface area (Å²) >= 11 is 0. The topological polar surface area (TPSA) is 104 Å². The second kappa shape index (κ2) is 13.6. The van der Waals surface area contributed by atoms with Crippen molar-refractivity contribution in [2.45, 2.75) is 43.9 Å². The summed E-state index contributed by atoms with van der Waals surface area (Å²) in [6.45, 7) is 4.00. The zero-order valence-corrected chi connectivity index (χ0v) is 25.4. The van der Waals surface area contributed by atoms with Crippen molar-refractivity contribution in [1.29, 1.82) is 0 Å². The number of fused-ring (bicyclic) bond motifs is 1. The van der Waals surface area contributed by atoms with Crippen molar-refractivity contribution in [3.8, 4) is 5.75 Å². The van der Waals surface area contributed by atoms with Gasteiger partial charge in [0.2, 0.25) is 0 Å². The maximum atomic E-state index is 14.3. The lowest BCUT2D eigenvalue weighted by atomic mass is 9.90. The minimum Gasteiger partial charge on any atom is -0.495 e. The number of nitrogens with zero attached hydrogens (tertiary/aromatic N) is 4. The summed E-state index contributed by atoms with van der Waals surface area (Å²) in [7, 11) is -2.57. The van der Waals surface area contributed by atoms with Gasteiger partial charge < -0.3 is 9.64 Å². The Kier molecular flexibility index (Phi) is 9.72. The number of aliphatic imine (C=N–C) groups is 1. The Morgan fingerprint density at radius 2 is 1.84 bits per heavy atom. The number of anilines is 1. The molecule has 0 spiro atoms. The molecule has 2 aliphatic rings. The molecule has 5 rings (SSSR count). The fraction of sp³-hybridized carbons (Fsp3) is 0.406. The van der Waals surface area contributed by atoms with Crippen LogP contribution in [0.5, 0.6) is 5.75 Å². The van der Waals surface area contributed by atoms with Crippen LogP contribution in [0, 0.1) is 5.92 Å². The van der Waals surface area contributed by atoms with Gasteiger partial charge in [-0.1, -0.05) is 37.5 Å². The van der Waals surface area contributed by atoms with Crippen molar-refractivity contribution in [1.82, 2.24) is 14.8 Å². The average molecular weight is 608 g/mol. The highest BCUT2D eigenvalue weighted by Crippen LogP contribution is 2.30. The largest absolute Gasteiger partial charge is 0.495 e. The van der Waals surface area contributed by atoms with Crippen LogP contribution in [0.1, 0.15) is 49.4 Å². The Morgan fingerprint density at radius 1 is 1.09 bits per heavy atom. The van der Waals surface area contributed by atoms with Gasteiger partial charge in [-0.3, -0.25) is 24.4 Å². The molecule has 2 fully saturated rings. The van der Waals surface area contributed by atoms with Gasteiger partial charge in [-0.25, -0.2) is 12.8 Å². The number of halogens is 1. The summed E-state index contributed by atoms with van der Waals surface area (Å²) in [5, 5.41) is 0.706. The number of pyridine rings is 1. The SMILES string of the molecule is COc1cc(C(=O)N2CCN(CC(/N=C\C3CCCCC3)=C(/C)F)CC2)ccc1NS(=O)(=O)c1cccc2cccnc12. The van der Waals surface area contributed by atoms with Gasteiger partial charge in [0.15, 0.2) is 0 Å². The summed E-state index contributed by atoms with van der Waals surface area (Å²) in [4.78, 5) is 26.0. The van der Waals surface area contributed by atoms with Gasteiger partial charge in [0.1, 0.15) is 16.5 Å². The quantitative estimate of drug-likeness (QED) is 0.315. The van der Waals surface area contributed by atoms with E-state index >= 15 is 0 Å². The second-order valence-electron chi connectivity index (χ2n) is 11.1. The van der Waals surface area contributed by atoms with Crippen LogP contribution in [0.2, 0.25) is 0 Å². The van der Waals surface area contributed by atoms with Gasteiger partial charge in [-0.2, -0.15) is 0 Å². The highest BCUT2D eigenvalue weighted by atomic mass is 32.2. The number of hydrogen-bond donors (Lipinski definition) is 1. The number of rotatable bonds is 9. The Morgan fingerprint density at radius 3 is 2.56 bits per heavy atom. The minimum absolute atomic E-state index is 0.0475. The maximum Gasteiger partial charge on any atom is 0.264 e. The first-order valence-corrected chi connectivity index (χ1v) is 16.2. The molecule has 1 aromatic heterocycles. The molecule has 1 aliphatic carbocycles. The van der Waals surface area contributed by atoms with Crippen LogP contribution in [0.15, 0.2) is 76.1 Å². The van der Waals surface area contributed by atoms with E-state index in [0.29, 0.717) is 60.8 Å². The van der Waals surface area contributed by atoms with Crippen LogP contribution in [0.3, 0.4) is 0 Å². The average Bonchev–Trinajstić information content (AvgIpc) is 3.03. The van der Waals surface area contributed by atoms with E-state index in [1.807, 2.05) is 6.21 Å². The maximum absolute atomic E-state index is 14.3. The molecule has 3 aromatic rings. The number of methoxy groups -OCH3 is 1. The van der Waals surface area contributed by atoms with Gasteiger partial charge in [-0.05, 0) is 56.0 Å². The highest BCUT2D eigenvalue weighted by molar-refractivity contribution is 7.93. The Bertz CT molecular complexity index is 1620. The third kappa shape index (κ3) is 7.40. The first-order chi connectivity index (χ1) is 20.7. The number of benzene rings is 2. The van der Waals surface area contributed by atoms with E-state index in [1.54, 1.807) is 47.5 Å². The summed E-state index contributed by atoms with van der Waals surface area (Å²) < 4.78 is 48.9. The van der Waals surface area contributed by atoms with Crippen LogP contribution in [0.25, 0.3) is 10.9 Å². The first-order valence-electron chi connectivity index (χ1n) is 14.7. The molecule has 0 bridgehead atoms. The van der Waals surface area contributed by atoms with Crippen LogP contribution in [-0.4, -0.2) is 75.2 Å². The zero-order valence-electron chi connectivity index (χ0n) is 24.6. The van der Waals surface area contributed by atoms with E-state index in [9.17, 15) is 17.6 Å². The van der Waals surface area contributed by atoms with E-state index in [2.05, 4.69) is 19.6 Å². The zero-order chi connectivity index (χ0) is 30.4. The van der Waals surface area contributed by atoms with Crippen molar-refractivity contribution >= 4 is 38.7 Å². The molecule has 0 atom stereocenters. The summed E-state index contributed by atoms with van der Waals surface area (Å²) in [5.41, 5.74) is 1.42. The molecule has 2 heterocycles. The lowest BCUT2D eigenvalue weighted by Crippen LogP contribution is -2.49. The molecule has 9 nitrogen and oxygen atoms in total. The van der Waals surface area contributed by atoms with Gasteiger partial charge in [-0.15, -0.1) is 0 Å². The van der Waals surface area contributed by atoms with Gasteiger partial charge >= 0.3 is 0 Å². The minimum atomic E-state index is -3.99. The molecule has 228 valence electrons. The molecular weight excluding hydrogens is 569 g/mol. The van der Waals surface area contributed by atoms with Crippen LogP contribution >= 0.6 is 0 Å². The van der Waals surface area contributed by atoms with E-state index in [4.69, 9.17) is 4.74 Å². The number of carbonyl (C=O) groups excluding carboxylic acids is 1.